The van der Waals surface area contributed by atoms with E-state index in [2.05, 4.69) is 0 Å². The molecule has 0 aliphatic heterocycles. The Morgan fingerprint density at radius 2 is 1.88 bits per heavy atom. The monoisotopic (exact) mass is 225 g/mol. The van der Waals surface area contributed by atoms with E-state index in [9.17, 15) is 4.79 Å². The van der Waals surface area contributed by atoms with Crippen molar-refractivity contribution in [3.05, 3.63) is 59.2 Å². The Labute approximate surface area is 101 Å². The van der Waals surface area contributed by atoms with Crippen LogP contribution in [-0.4, -0.2) is 6.29 Å². The topological polar surface area (TPSA) is 43.1 Å². The average molecular weight is 225 g/mol. The molecule has 0 aromatic heterocycles. The minimum atomic E-state index is 0.436. The fourth-order valence-corrected chi connectivity index (χ4v) is 2.07. The lowest BCUT2D eigenvalue weighted by Gasteiger charge is -2.13. The van der Waals surface area contributed by atoms with Gasteiger partial charge in [-0.1, -0.05) is 42.5 Å². The second-order valence-electron chi connectivity index (χ2n) is 4.02. The number of benzene rings is 2. The van der Waals surface area contributed by atoms with Gasteiger partial charge in [-0.25, -0.2) is 0 Å². The molecule has 86 valence electrons. The summed E-state index contributed by atoms with van der Waals surface area (Å²) >= 11 is 0. The number of carbonyl (C=O) groups is 1. The maximum absolute atomic E-state index is 11.1. The van der Waals surface area contributed by atoms with Gasteiger partial charge in [-0.15, -0.1) is 0 Å². The normalized spacial score (nSPS) is 10.2. The van der Waals surface area contributed by atoms with Gasteiger partial charge in [0.05, 0.1) is 0 Å². The molecule has 0 saturated heterocycles. The van der Waals surface area contributed by atoms with E-state index in [1.807, 2.05) is 49.4 Å². The summed E-state index contributed by atoms with van der Waals surface area (Å²) in [5.41, 5.74) is 10.6. The summed E-state index contributed by atoms with van der Waals surface area (Å²) in [5.74, 6) is 0. The molecule has 0 atom stereocenters. The second-order valence-corrected chi connectivity index (χ2v) is 4.02. The summed E-state index contributed by atoms with van der Waals surface area (Å²) in [6.45, 7) is 2.47. The molecular weight excluding hydrogens is 210 g/mol. The first-order valence-electron chi connectivity index (χ1n) is 5.61. The highest BCUT2D eigenvalue weighted by Crippen LogP contribution is 2.29. The van der Waals surface area contributed by atoms with Gasteiger partial charge in [0.1, 0.15) is 0 Å². The first-order chi connectivity index (χ1) is 8.27. The standard InChI is InChI=1S/C15H15NO/c1-11-5-2-3-8-14(11)15-12(9-16)6-4-7-13(15)10-17/h2-8,10H,9,16H2,1H3. The third-order valence-electron chi connectivity index (χ3n) is 2.94. The molecule has 0 aliphatic rings. The van der Waals surface area contributed by atoms with Crippen molar-refractivity contribution in [1.82, 2.24) is 0 Å². The molecule has 2 N–H and O–H groups in total. The molecule has 0 spiro atoms. The van der Waals surface area contributed by atoms with Gasteiger partial charge in [0, 0.05) is 12.1 Å². The van der Waals surface area contributed by atoms with Gasteiger partial charge < -0.3 is 5.73 Å². The Hall–Kier alpha value is -1.93. The van der Waals surface area contributed by atoms with Crippen molar-refractivity contribution in [3.8, 4) is 11.1 Å². The minimum Gasteiger partial charge on any atom is -0.326 e. The molecule has 0 bridgehead atoms. The Morgan fingerprint density at radius 3 is 2.53 bits per heavy atom. The van der Waals surface area contributed by atoms with Crippen molar-refractivity contribution in [2.75, 3.05) is 0 Å². The zero-order valence-corrected chi connectivity index (χ0v) is 9.81. The van der Waals surface area contributed by atoms with Crippen LogP contribution in [0.2, 0.25) is 0 Å². The highest BCUT2D eigenvalue weighted by molar-refractivity contribution is 5.90. The summed E-state index contributed by atoms with van der Waals surface area (Å²) in [5, 5.41) is 0. The lowest BCUT2D eigenvalue weighted by Crippen LogP contribution is -2.02. The predicted molar refractivity (Wildman–Crippen MR) is 69.9 cm³/mol. The van der Waals surface area contributed by atoms with Gasteiger partial charge in [-0.2, -0.15) is 0 Å². The highest BCUT2D eigenvalue weighted by atomic mass is 16.1. The molecule has 0 fully saturated rings. The largest absolute Gasteiger partial charge is 0.326 e. The summed E-state index contributed by atoms with van der Waals surface area (Å²) < 4.78 is 0. The van der Waals surface area contributed by atoms with Crippen LogP contribution < -0.4 is 5.73 Å². The molecule has 17 heavy (non-hydrogen) atoms. The Balaban J connectivity index is 2.73. The summed E-state index contributed by atoms with van der Waals surface area (Å²) in [6.07, 6.45) is 0.890. The van der Waals surface area contributed by atoms with E-state index < -0.39 is 0 Å². The van der Waals surface area contributed by atoms with Crippen molar-refractivity contribution in [1.29, 1.82) is 0 Å². The number of hydrogen-bond acceptors (Lipinski definition) is 2. The number of aldehydes is 1. The second kappa shape index (κ2) is 4.93. The highest BCUT2D eigenvalue weighted by Gasteiger charge is 2.10. The quantitative estimate of drug-likeness (QED) is 0.816. The number of carbonyl (C=O) groups excluding carboxylic acids is 1. The smallest absolute Gasteiger partial charge is 0.150 e. The Bertz CT molecular complexity index is 546. The van der Waals surface area contributed by atoms with Crippen molar-refractivity contribution in [2.45, 2.75) is 13.5 Å². The predicted octanol–water partition coefficient (Wildman–Crippen LogP) is 2.93. The van der Waals surface area contributed by atoms with E-state index in [1.54, 1.807) is 0 Å². The number of rotatable bonds is 3. The molecule has 0 radical (unpaired) electrons. The number of nitrogens with two attached hydrogens (primary N) is 1. The van der Waals surface area contributed by atoms with Gasteiger partial charge >= 0.3 is 0 Å². The maximum atomic E-state index is 11.1. The van der Waals surface area contributed by atoms with Crippen LogP contribution in [0.4, 0.5) is 0 Å². The molecule has 2 nitrogen and oxygen atoms in total. The van der Waals surface area contributed by atoms with Gasteiger partial charge in [0.15, 0.2) is 6.29 Å². The Kier molecular flexibility index (Phi) is 3.35. The molecule has 0 aliphatic carbocycles. The van der Waals surface area contributed by atoms with Crippen LogP contribution >= 0.6 is 0 Å². The first kappa shape index (κ1) is 11.6. The zero-order valence-electron chi connectivity index (χ0n) is 9.81. The van der Waals surface area contributed by atoms with E-state index in [-0.39, 0.29) is 0 Å². The van der Waals surface area contributed by atoms with E-state index in [0.29, 0.717) is 12.1 Å². The van der Waals surface area contributed by atoms with E-state index in [4.69, 9.17) is 5.73 Å². The summed E-state index contributed by atoms with van der Waals surface area (Å²) in [6, 6.07) is 13.7. The first-order valence-corrected chi connectivity index (χ1v) is 5.61. The minimum absolute atomic E-state index is 0.436. The zero-order chi connectivity index (χ0) is 12.3. The van der Waals surface area contributed by atoms with Crippen LogP contribution in [-0.2, 0) is 6.54 Å². The van der Waals surface area contributed by atoms with E-state index in [0.717, 1.165) is 28.5 Å². The van der Waals surface area contributed by atoms with Crippen LogP contribution in [0.5, 0.6) is 0 Å². The molecule has 0 unspecified atom stereocenters. The van der Waals surface area contributed by atoms with Crippen molar-refractivity contribution < 1.29 is 4.79 Å². The molecule has 2 rings (SSSR count). The van der Waals surface area contributed by atoms with Gasteiger partial charge in [0.25, 0.3) is 0 Å². The van der Waals surface area contributed by atoms with Crippen molar-refractivity contribution in [3.63, 3.8) is 0 Å². The molecule has 0 heterocycles. The molecule has 0 amide bonds. The average Bonchev–Trinajstić information content (AvgIpc) is 2.38. The fraction of sp³-hybridized carbons (Fsp3) is 0.133. The van der Waals surface area contributed by atoms with Crippen LogP contribution in [0.15, 0.2) is 42.5 Å². The van der Waals surface area contributed by atoms with Gasteiger partial charge in [0.2, 0.25) is 0 Å². The lowest BCUT2D eigenvalue weighted by molar-refractivity contribution is 0.112. The molecule has 2 aromatic rings. The van der Waals surface area contributed by atoms with E-state index in [1.165, 1.54) is 0 Å². The fourth-order valence-electron chi connectivity index (χ4n) is 2.07. The maximum Gasteiger partial charge on any atom is 0.150 e. The van der Waals surface area contributed by atoms with Gasteiger partial charge in [-0.3, -0.25) is 4.79 Å². The summed E-state index contributed by atoms with van der Waals surface area (Å²) in [7, 11) is 0. The molecular formula is C15H15NO. The molecule has 0 saturated carbocycles. The van der Waals surface area contributed by atoms with Crippen LogP contribution in [0, 0.1) is 6.92 Å². The molecule has 2 heteroatoms. The van der Waals surface area contributed by atoms with E-state index >= 15 is 0 Å². The van der Waals surface area contributed by atoms with Crippen LogP contribution in [0.3, 0.4) is 0 Å². The van der Waals surface area contributed by atoms with Crippen LogP contribution in [0.1, 0.15) is 21.5 Å². The van der Waals surface area contributed by atoms with Crippen LogP contribution in [0.25, 0.3) is 11.1 Å². The lowest BCUT2D eigenvalue weighted by atomic mass is 9.92. The SMILES string of the molecule is Cc1ccccc1-c1c(C=O)cccc1CN. The number of aryl methyl sites for hydroxylation is 1. The third kappa shape index (κ3) is 2.12. The van der Waals surface area contributed by atoms with Gasteiger partial charge in [-0.05, 0) is 29.2 Å². The Morgan fingerprint density at radius 1 is 1.12 bits per heavy atom. The summed E-state index contributed by atoms with van der Waals surface area (Å²) in [4.78, 5) is 11.1. The number of hydrogen-bond donors (Lipinski definition) is 1. The third-order valence-corrected chi connectivity index (χ3v) is 2.94. The van der Waals surface area contributed by atoms with Crippen molar-refractivity contribution >= 4 is 6.29 Å². The molecule has 2 aromatic carbocycles. The van der Waals surface area contributed by atoms with Crippen molar-refractivity contribution in [2.24, 2.45) is 5.73 Å².